The third-order valence-electron chi connectivity index (χ3n) is 4.71. The third-order valence-corrected chi connectivity index (χ3v) is 6.17. The van der Waals surface area contributed by atoms with Gasteiger partial charge in [-0.05, 0) is 37.7 Å². The molecule has 1 aliphatic rings. The van der Waals surface area contributed by atoms with E-state index in [1.54, 1.807) is 0 Å². The van der Waals surface area contributed by atoms with E-state index in [2.05, 4.69) is 48.2 Å². The molecule has 1 aromatic carbocycles. The van der Waals surface area contributed by atoms with E-state index in [4.69, 9.17) is 9.47 Å². The number of aryl methyl sites for hydroxylation is 1. The molecule has 0 aromatic heterocycles. The quantitative estimate of drug-likeness (QED) is 0.330. The van der Waals surface area contributed by atoms with E-state index in [1.807, 2.05) is 30.9 Å². The minimum absolute atomic E-state index is 0. The van der Waals surface area contributed by atoms with Crippen LogP contribution in [0.5, 0.6) is 5.75 Å². The van der Waals surface area contributed by atoms with Gasteiger partial charge in [0.15, 0.2) is 5.96 Å². The van der Waals surface area contributed by atoms with Gasteiger partial charge in [-0.1, -0.05) is 24.6 Å². The van der Waals surface area contributed by atoms with Crippen LogP contribution in [0.15, 0.2) is 29.3 Å². The number of likely N-dealkylation sites (N-methyl/N-ethyl adjacent to an activating group) is 1. The molecule has 0 saturated carbocycles. The standard InChI is InChI=1S/C20H33N3O2S.HI/c1-5-26-20(10-13-24-14-11-20)16-22-19(21-3)23(4)12-15-25-18-8-6-17(2)7-9-18;/h6-9H,5,10-16H2,1-4H3,(H,21,22);1H. The molecule has 0 radical (unpaired) electrons. The van der Waals surface area contributed by atoms with E-state index in [0.29, 0.717) is 6.61 Å². The van der Waals surface area contributed by atoms with Gasteiger partial charge in [-0.2, -0.15) is 11.8 Å². The zero-order valence-corrected chi connectivity index (χ0v) is 20.1. The highest BCUT2D eigenvalue weighted by atomic mass is 127. The fraction of sp³-hybridized carbons (Fsp3) is 0.650. The molecule has 0 amide bonds. The molecule has 0 aliphatic carbocycles. The highest BCUT2D eigenvalue weighted by molar-refractivity contribution is 14.0. The minimum atomic E-state index is 0. The zero-order valence-electron chi connectivity index (χ0n) is 17.0. The molecule has 27 heavy (non-hydrogen) atoms. The number of hydrogen-bond donors (Lipinski definition) is 1. The Balaban J connectivity index is 0.00000364. The van der Waals surface area contributed by atoms with Gasteiger partial charge in [-0.3, -0.25) is 4.99 Å². The average Bonchev–Trinajstić information content (AvgIpc) is 2.65. The van der Waals surface area contributed by atoms with Crippen LogP contribution in [-0.2, 0) is 4.74 Å². The predicted molar refractivity (Wildman–Crippen MR) is 127 cm³/mol. The molecule has 0 bridgehead atoms. The molecule has 7 heteroatoms. The van der Waals surface area contributed by atoms with Gasteiger partial charge < -0.3 is 19.7 Å². The molecule has 1 fully saturated rings. The second-order valence-corrected chi connectivity index (χ2v) is 8.44. The topological polar surface area (TPSA) is 46.1 Å². The van der Waals surface area contributed by atoms with E-state index in [-0.39, 0.29) is 28.7 Å². The van der Waals surface area contributed by atoms with Crippen LogP contribution in [0, 0.1) is 6.92 Å². The molecule has 1 N–H and O–H groups in total. The number of guanidine groups is 1. The lowest BCUT2D eigenvalue weighted by Gasteiger charge is -2.37. The first-order chi connectivity index (χ1) is 12.6. The van der Waals surface area contributed by atoms with Gasteiger partial charge in [-0.25, -0.2) is 0 Å². The molecule has 0 atom stereocenters. The molecular weight excluding hydrogens is 473 g/mol. The molecule has 0 spiro atoms. The highest BCUT2D eigenvalue weighted by Gasteiger charge is 2.32. The molecule has 1 aromatic rings. The van der Waals surface area contributed by atoms with E-state index in [0.717, 1.165) is 56.6 Å². The number of benzene rings is 1. The van der Waals surface area contributed by atoms with Crippen LogP contribution in [-0.4, -0.2) is 68.4 Å². The van der Waals surface area contributed by atoms with Gasteiger partial charge in [0, 0.05) is 38.6 Å². The second kappa shape index (κ2) is 12.7. The maximum atomic E-state index is 5.83. The van der Waals surface area contributed by atoms with E-state index in [1.165, 1.54) is 5.56 Å². The number of halogens is 1. The summed E-state index contributed by atoms with van der Waals surface area (Å²) >= 11 is 2.04. The Hall–Kier alpha value is -0.670. The van der Waals surface area contributed by atoms with Crippen LogP contribution in [0.1, 0.15) is 25.3 Å². The SMILES string of the molecule is CCSC1(CNC(=NC)N(C)CCOc2ccc(C)cc2)CCOCC1.I. The minimum Gasteiger partial charge on any atom is -0.492 e. The first-order valence-electron chi connectivity index (χ1n) is 9.41. The summed E-state index contributed by atoms with van der Waals surface area (Å²) in [5.41, 5.74) is 1.24. The Morgan fingerprint density at radius 1 is 1.30 bits per heavy atom. The van der Waals surface area contributed by atoms with Crippen molar-refractivity contribution in [2.45, 2.75) is 31.4 Å². The van der Waals surface area contributed by atoms with Gasteiger partial charge in [0.1, 0.15) is 12.4 Å². The number of hydrogen-bond acceptors (Lipinski definition) is 4. The van der Waals surface area contributed by atoms with Crippen LogP contribution in [0.3, 0.4) is 0 Å². The van der Waals surface area contributed by atoms with Crippen LogP contribution in [0.2, 0.25) is 0 Å². The Bertz CT molecular complexity index is 557. The van der Waals surface area contributed by atoms with Crippen LogP contribution in [0.4, 0.5) is 0 Å². The van der Waals surface area contributed by atoms with Crippen molar-refractivity contribution in [3.63, 3.8) is 0 Å². The summed E-state index contributed by atoms with van der Waals surface area (Å²) in [6, 6.07) is 8.16. The van der Waals surface area contributed by atoms with Gasteiger partial charge in [-0.15, -0.1) is 24.0 Å². The Kier molecular flexibility index (Phi) is 11.5. The number of aliphatic imine (C=N–C) groups is 1. The number of rotatable bonds is 8. The van der Waals surface area contributed by atoms with Crippen molar-refractivity contribution in [2.24, 2.45) is 4.99 Å². The first-order valence-corrected chi connectivity index (χ1v) is 10.4. The van der Waals surface area contributed by atoms with Crippen LogP contribution >= 0.6 is 35.7 Å². The normalized spacial score (nSPS) is 16.4. The maximum Gasteiger partial charge on any atom is 0.193 e. The fourth-order valence-corrected chi connectivity index (χ4v) is 4.33. The second-order valence-electron chi connectivity index (χ2n) is 6.71. The summed E-state index contributed by atoms with van der Waals surface area (Å²) in [6.07, 6.45) is 2.19. The van der Waals surface area contributed by atoms with Crippen molar-refractivity contribution in [3.8, 4) is 5.75 Å². The lowest BCUT2D eigenvalue weighted by atomic mass is 9.99. The average molecular weight is 507 g/mol. The lowest BCUT2D eigenvalue weighted by molar-refractivity contribution is 0.0780. The molecule has 1 heterocycles. The van der Waals surface area contributed by atoms with E-state index in [9.17, 15) is 0 Å². The first kappa shape index (κ1) is 24.4. The maximum absolute atomic E-state index is 5.83. The molecule has 2 rings (SSSR count). The van der Waals surface area contributed by atoms with Crippen LogP contribution < -0.4 is 10.1 Å². The zero-order chi connectivity index (χ0) is 18.8. The smallest absolute Gasteiger partial charge is 0.193 e. The van der Waals surface area contributed by atoms with Gasteiger partial charge >= 0.3 is 0 Å². The fourth-order valence-electron chi connectivity index (χ4n) is 3.09. The van der Waals surface area contributed by atoms with Crippen molar-refractivity contribution >= 4 is 41.7 Å². The van der Waals surface area contributed by atoms with Crippen LogP contribution in [0.25, 0.3) is 0 Å². The monoisotopic (exact) mass is 507 g/mol. The number of ether oxygens (including phenoxy) is 2. The summed E-state index contributed by atoms with van der Waals surface area (Å²) in [4.78, 5) is 6.56. The molecule has 1 aliphatic heterocycles. The molecule has 1 saturated heterocycles. The van der Waals surface area contributed by atoms with Gasteiger partial charge in [0.2, 0.25) is 0 Å². The number of nitrogens with zero attached hydrogens (tertiary/aromatic N) is 2. The summed E-state index contributed by atoms with van der Waals surface area (Å²) in [6.45, 7) is 8.35. The van der Waals surface area contributed by atoms with Crippen molar-refractivity contribution in [3.05, 3.63) is 29.8 Å². The molecule has 154 valence electrons. The van der Waals surface area contributed by atoms with Crippen molar-refractivity contribution in [2.75, 3.05) is 52.8 Å². The Morgan fingerprint density at radius 2 is 1.96 bits per heavy atom. The van der Waals surface area contributed by atoms with Gasteiger partial charge in [0.25, 0.3) is 0 Å². The highest BCUT2D eigenvalue weighted by Crippen LogP contribution is 2.34. The Morgan fingerprint density at radius 3 is 2.56 bits per heavy atom. The van der Waals surface area contributed by atoms with E-state index >= 15 is 0 Å². The van der Waals surface area contributed by atoms with Gasteiger partial charge in [0.05, 0.1) is 6.54 Å². The molecular formula is C20H34IN3O2S. The Labute approximate surface area is 185 Å². The third kappa shape index (κ3) is 8.07. The van der Waals surface area contributed by atoms with Crippen molar-refractivity contribution in [1.82, 2.24) is 10.2 Å². The lowest BCUT2D eigenvalue weighted by Crippen LogP contribution is -2.49. The summed E-state index contributed by atoms with van der Waals surface area (Å²) < 4.78 is 11.6. The van der Waals surface area contributed by atoms with Crippen molar-refractivity contribution < 1.29 is 9.47 Å². The summed E-state index contributed by atoms with van der Waals surface area (Å²) in [7, 11) is 3.89. The summed E-state index contributed by atoms with van der Waals surface area (Å²) in [5, 5.41) is 3.56. The van der Waals surface area contributed by atoms with Crippen molar-refractivity contribution in [1.29, 1.82) is 0 Å². The number of thioether (sulfide) groups is 1. The predicted octanol–water partition coefficient (Wildman–Crippen LogP) is 3.80. The largest absolute Gasteiger partial charge is 0.492 e. The molecule has 0 unspecified atom stereocenters. The van der Waals surface area contributed by atoms with E-state index < -0.39 is 0 Å². The summed E-state index contributed by atoms with van der Waals surface area (Å²) in [5.74, 6) is 2.95. The number of nitrogens with one attached hydrogen (secondary N) is 1. The molecule has 5 nitrogen and oxygen atoms in total.